The number of ether oxygens (including phenoxy) is 3. The molecule has 0 saturated carbocycles. The molecule has 0 aromatic rings. The number of rotatable bonds is 6. The van der Waals surface area contributed by atoms with Crippen LogP contribution >= 0.6 is 0 Å². The van der Waals surface area contributed by atoms with Gasteiger partial charge in [0.05, 0.1) is 13.2 Å². The maximum atomic E-state index is 11.0. The molecular formula is C12H22O14S. The maximum Gasteiger partial charge on any atom is 0.397 e. The highest BCUT2D eigenvalue weighted by Gasteiger charge is 2.51. The molecule has 0 amide bonds. The van der Waals surface area contributed by atoms with E-state index in [2.05, 4.69) is 4.18 Å². The van der Waals surface area contributed by atoms with Gasteiger partial charge in [0.2, 0.25) is 0 Å². The summed E-state index contributed by atoms with van der Waals surface area (Å²) in [6.45, 7) is -1.60. The molecule has 0 aromatic carbocycles. The smallest absolute Gasteiger partial charge is 0.394 e. The SMILES string of the molecule is O=S(=O)(O)O[C@H]1C(OC2O[C@H](CO)[C@@H](O)[C@H](O)[C@H]2O)O[C@H](CO)[C@@H](O)[C@@H]1O. The van der Waals surface area contributed by atoms with Crippen molar-refractivity contribution in [2.45, 2.75) is 61.4 Å². The molecule has 2 fully saturated rings. The average molecular weight is 422 g/mol. The summed E-state index contributed by atoms with van der Waals surface area (Å²) in [6.07, 6.45) is -17.9. The highest BCUT2D eigenvalue weighted by atomic mass is 32.3. The van der Waals surface area contributed by atoms with E-state index in [0.29, 0.717) is 0 Å². The van der Waals surface area contributed by atoms with E-state index in [1.165, 1.54) is 0 Å². The van der Waals surface area contributed by atoms with Crippen LogP contribution in [-0.2, 0) is 28.8 Å². The fourth-order valence-corrected chi connectivity index (χ4v) is 3.21. The van der Waals surface area contributed by atoms with E-state index in [1.807, 2.05) is 0 Å². The van der Waals surface area contributed by atoms with Crippen LogP contribution in [0, 0.1) is 0 Å². The average Bonchev–Trinajstić information content (AvgIpc) is 2.60. The van der Waals surface area contributed by atoms with Crippen LogP contribution < -0.4 is 0 Å². The third kappa shape index (κ3) is 5.10. The van der Waals surface area contributed by atoms with Crippen molar-refractivity contribution < 1.29 is 67.1 Å². The quantitative estimate of drug-likeness (QED) is 0.186. The molecule has 2 unspecified atom stereocenters. The van der Waals surface area contributed by atoms with Gasteiger partial charge < -0.3 is 50.0 Å². The van der Waals surface area contributed by atoms with Gasteiger partial charge in [0.1, 0.15) is 42.7 Å². The van der Waals surface area contributed by atoms with Gasteiger partial charge in [-0.05, 0) is 0 Å². The van der Waals surface area contributed by atoms with E-state index in [4.69, 9.17) is 23.9 Å². The second-order valence-electron chi connectivity index (χ2n) is 6.03. The Kier molecular flexibility index (Phi) is 7.47. The van der Waals surface area contributed by atoms with Crippen LogP contribution in [0.15, 0.2) is 0 Å². The molecule has 2 heterocycles. The highest BCUT2D eigenvalue weighted by molar-refractivity contribution is 7.80. The minimum absolute atomic E-state index is 0.776. The number of hydrogen-bond donors (Lipinski definition) is 8. The Morgan fingerprint density at radius 3 is 1.70 bits per heavy atom. The monoisotopic (exact) mass is 422 g/mol. The van der Waals surface area contributed by atoms with Crippen molar-refractivity contribution in [3.63, 3.8) is 0 Å². The summed E-state index contributed by atoms with van der Waals surface area (Å²) in [4.78, 5) is 0. The van der Waals surface area contributed by atoms with E-state index >= 15 is 0 Å². The van der Waals surface area contributed by atoms with E-state index in [0.717, 1.165) is 0 Å². The van der Waals surface area contributed by atoms with Crippen molar-refractivity contribution >= 4 is 10.4 Å². The molecule has 0 spiro atoms. The van der Waals surface area contributed by atoms with E-state index in [-0.39, 0.29) is 0 Å². The van der Waals surface area contributed by atoms with Crippen molar-refractivity contribution in [3.05, 3.63) is 0 Å². The lowest BCUT2D eigenvalue weighted by atomic mass is 9.98. The third-order valence-electron chi connectivity index (χ3n) is 4.17. The third-order valence-corrected chi connectivity index (χ3v) is 4.64. The van der Waals surface area contributed by atoms with Crippen molar-refractivity contribution in [2.75, 3.05) is 13.2 Å². The zero-order valence-electron chi connectivity index (χ0n) is 13.6. The van der Waals surface area contributed by atoms with Crippen LogP contribution in [0.1, 0.15) is 0 Å². The van der Waals surface area contributed by atoms with Crippen molar-refractivity contribution in [1.29, 1.82) is 0 Å². The fourth-order valence-electron chi connectivity index (χ4n) is 2.72. The zero-order valence-corrected chi connectivity index (χ0v) is 14.4. The molecule has 2 saturated heterocycles. The molecule has 0 aliphatic carbocycles. The first-order chi connectivity index (χ1) is 12.5. The lowest BCUT2D eigenvalue weighted by molar-refractivity contribution is -0.373. The molecule has 8 N–H and O–H groups in total. The molecule has 160 valence electrons. The first kappa shape index (κ1) is 22.8. The van der Waals surface area contributed by atoms with Crippen LogP contribution in [0.4, 0.5) is 0 Å². The molecular weight excluding hydrogens is 400 g/mol. The Hall–Kier alpha value is -0.530. The summed E-state index contributed by atoms with van der Waals surface area (Å²) in [6, 6.07) is 0. The lowest BCUT2D eigenvalue weighted by Crippen LogP contribution is -2.64. The van der Waals surface area contributed by atoms with Gasteiger partial charge >= 0.3 is 10.4 Å². The zero-order chi connectivity index (χ0) is 20.5. The lowest BCUT2D eigenvalue weighted by Gasteiger charge is -2.45. The maximum absolute atomic E-state index is 11.0. The first-order valence-corrected chi connectivity index (χ1v) is 9.10. The van der Waals surface area contributed by atoms with Gasteiger partial charge in [-0.25, -0.2) is 4.18 Å². The van der Waals surface area contributed by atoms with Gasteiger partial charge in [0.25, 0.3) is 0 Å². The van der Waals surface area contributed by atoms with Crippen LogP contribution in [0.3, 0.4) is 0 Å². The van der Waals surface area contributed by atoms with Crippen LogP contribution in [0.5, 0.6) is 0 Å². The molecule has 10 atom stereocenters. The second kappa shape index (κ2) is 8.87. The fraction of sp³-hybridized carbons (Fsp3) is 1.00. The molecule has 14 nitrogen and oxygen atoms in total. The Morgan fingerprint density at radius 1 is 0.741 bits per heavy atom. The minimum atomic E-state index is -5.15. The summed E-state index contributed by atoms with van der Waals surface area (Å²) in [5.41, 5.74) is 0. The number of aliphatic hydroxyl groups excluding tert-OH is 7. The molecule has 15 heteroatoms. The molecule has 0 aromatic heterocycles. The highest BCUT2D eigenvalue weighted by Crippen LogP contribution is 2.29. The van der Waals surface area contributed by atoms with Crippen LogP contribution in [-0.4, -0.2) is 123 Å². The molecule has 2 aliphatic heterocycles. The van der Waals surface area contributed by atoms with Gasteiger partial charge in [-0.15, -0.1) is 0 Å². The Bertz CT molecular complexity index is 583. The van der Waals surface area contributed by atoms with Gasteiger partial charge in [0, 0.05) is 0 Å². The summed E-state index contributed by atoms with van der Waals surface area (Å²) >= 11 is 0. The summed E-state index contributed by atoms with van der Waals surface area (Å²) in [5, 5.41) is 67.5. The normalized spacial score (nSPS) is 46.4. The first-order valence-electron chi connectivity index (χ1n) is 7.74. The van der Waals surface area contributed by atoms with Gasteiger partial charge in [-0.2, -0.15) is 8.42 Å². The Morgan fingerprint density at radius 2 is 1.22 bits per heavy atom. The van der Waals surface area contributed by atoms with E-state index in [1.54, 1.807) is 0 Å². The van der Waals surface area contributed by atoms with Crippen molar-refractivity contribution in [3.8, 4) is 0 Å². The number of hydrogen-bond acceptors (Lipinski definition) is 13. The van der Waals surface area contributed by atoms with Crippen molar-refractivity contribution in [2.24, 2.45) is 0 Å². The van der Waals surface area contributed by atoms with E-state index in [9.17, 15) is 39.1 Å². The van der Waals surface area contributed by atoms with Crippen LogP contribution in [0.2, 0.25) is 0 Å². The summed E-state index contributed by atoms with van der Waals surface area (Å²) < 4.78 is 50.3. The Balaban J connectivity index is 2.23. The Labute approximate surface area is 153 Å². The van der Waals surface area contributed by atoms with E-state index < -0.39 is 85.0 Å². The topological polar surface area (TPSA) is 233 Å². The largest absolute Gasteiger partial charge is 0.397 e. The minimum Gasteiger partial charge on any atom is -0.394 e. The molecule has 27 heavy (non-hydrogen) atoms. The summed E-state index contributed by atoms with van der Waals surface area (Å²) in [7, 11) is -5.15. The predicted molar refractivity (Wildman–Crippen MR) is 79.0 cm³/mol. The molecule has 0 bridgehead atoms. The van der Waals surface area contributed by atoms with Gasteiger partial charge in [-0.3, -0.25) is 4.55 Å². The molecule has 2 rings (SSSR count). The van der Waals surface area contributed by atoms with Crippen LogP contribution in [0.25, 0.3) is 0 Å². The van der Waals surface area contributed by atoms with Gasteiger partial charge in [0.15, 0.2) is 18.7 Å². The second-order valence-corrected chi connectivity index (χ2v) is 7.08. The molecule has 0 radical (unpaired) electrons. The summed E-state index contributed by atoms with van der Waals surface area (Å²) in [5.74, 6) is 0. The van der Waals surface area contributed by atoms with Gasteiger partial charge in [-0.1, -0.05) is 0 Å². The number of aliphatic hydroxyl groups is 7. The standard InChI is InChI=1S/C12H22O14S/c13-1-3-5(15)7(17)9(19)11(23-3)25-12-10(26-27(20,21)22)8(18)6(16)4(2-14)24-12/h3-19H,1-2H2,(H,20,21,22)/t3-,4-,5-,6-,7+,8+,9-,10-,11?,12?/m1/s1. The van der Waals surface area contributed by atoms with Crippen molar-refractivity contribution in [1.82, 2.24) is 0 Å². The molecule has 2 aliphatic rings. The predicted octanol–water partition coefficient (Wildman–Crippen LogP) is -5.57.